The summed E-state index contributed by atoms with van der Waals surface area (Å²) >= 11 is 0. The van der Waals surface area contributed by atoms with E-state index in [0.29, 0.717) is 5.39 Å². The zero-order chi connectivity index (χ0) is 21.0. The van der Waals surface area contributed by atoms with E-state index in [9.17, 15) is 32.3 Å². The van der Waals surface area contributed by atoms with Crippen LogP contribution < -0.4 is 10.6 Å². The smallest absolute Gasteiger partial charge is 0.416 e. The molecule has 1 aromatic heterocycles. The van der Waals surface area contributed by atoms with Gasteiger partial charge in [-0.25, -0.2) is 9.18 Å². The topological polar surface area (TPSA) is 83.4 Å². The fourth-order valence-electron chi connectivity index (χ4n) is 3.43. The number of benzene rings is 2. The van der Waals surface area contributed by atoms with Crippen LogP contribution in [0.4, 0.5) is 22.4 Å². The third-order valence-corrected chi connectivity index (χ3v) is 4.87. The average molecular weight is 407 g/mol. The van der Waals surface area contributed by atoms with E-state index in [0.717, 1.165) is 24.3 Å². The summed E-state index contributed by atoms with van der Waals surface area (Å²) in [5, 5.41) is 15.3. The summed E-state index contributed by atoms with van der Waals surface area (Å²) in [5.74, 6) is -1.79. The van der Waals surface area contributed by atoms with E-state index in [4.69, 9.17) is 0 Å². The van der Waals surface area contributed by atoms with Crippen LogP contribution in [0.5, 0.6) is 5.88 Å². The molecule has 1 fully saturated rings. The first kappa shape index (κ1) is 18.8. The van der Waals surface area contributed by atoms with E-state index < -0.39 is 40.9 Å². The summed E-state index contributed by atoms with van der Waals surface area (Å²) in [5.41, 5.74) is -2.36. The number of carbonyl (C=O) groups is 2. The minimum Gasteiger partial charge on any atom is -0.494 e. The summed E-state index contributed by atoms with van der Waals surface area (Å²) in [4.78, 5) is 24.4. The number of nitrogens with zero attached hydrogens (tertiary/aromatic N) is 1. The van der Waals surface area contributed by atoms with Crippen LogP contribution in [0.15, 0.2) is 48.7 Å². The van der Waals surface area contributed by atoms with Gasteiger partial charge >= 0.3 is 12.2 Å². The molecule has 1 saturated heterocycles. The van der Waals surface area contributed by atoms with Gasteiger partial charge in [-0.3, -0.25) is 10.1 Å². The number of alkyl halides is 3. The Morgan fingerprint density at radius 1 is 1.07 bits per heavy atom. The molecule has 0 radical (unpaired) electrons. The molecular weight excluding hydrogens is 394 g/mol. The zero-order valence-electron chi connectivity index (χ0n) is 14.5. The molecule has 0 aliphatic carbocycles. The second-order valence-electron chi connectivity index (χ2n) is 6.70. The lowest BCUT2D eigenvalue weighted by Gasteiger charge is -2.27. The number of imide groups is 1. The van der Waals surface area contributed by atoms with Gasteiger partial charge in [0.1, 0.15) is 5.82 Å². The quantitative estimate of drug-likeness (QED) is 0.461. The minimum atomic E-state index is -4.59. The molecule has 1 aliphatic heterocycles. The number of aromatic nitrogens is 1. The van der Waals surface area contributed by atoms with Crippen molar-refractivity contribution in [3.8, 4) is 5.88 Å². The normalized spacial score (nSPS) is 19.4. The number of aromatic hydroxyl groups is 1. The molecule has 150 valence electrons. The Bertz CT molecular complexity index is 1140. The maximum Gasteiger partial charge on any atom is 0.416 e. The van der Waals surface area contributed by atoms with Crippen molar-refractivity contribution in [3.05, 3.63) is 65.6 Å². The van der Waals surface area contributed by atoms with Crippen molar-refractivity contribution in [1.29, 1.82) is 0 Å². The lowest BCUT2D eigenvalue weighted by molar-refractivity contribution is -0.137. The van der Waals surface area contributed by atoms with Gasteiger partial charge in [-0.05, 0) is 29.8 Å². The lowest BCUT2D eigenvalue weighted by Crippen LogP contribution is -2.47. The summed E-state index contributed by atoms with van der Waals surface area (Å²) in [6.07, 6.45) is -3.22. The predicted octanol–water partition coefficient (Wildman–Crippen LogP) is 3.24. The highest BCUT2D eigenvalue weighted by molar-refractivity contribution is 6.07. The van der Waals surface area contributed by atoms with E-state index in [1.54, 1.807) is 0 Å². The first-order valence-electron chi connectivity index (χ1n) is 8.39. The van der Waals surface area contributed by atoms with Crippen molar-refractivity contribution in [3.63, 3.8) is 0 Å². The zero-order valence-corrected chi connectivity index (χ0v) is 14.5. The van der Waals surface area contributed by atoms with Crippen LogP contribution in [0.1, 0.15) is 11.1 Å². The van der Waals surface area contributed by atoms with Gasteiger partial charge < -0.3 is 15.0 Å². The molecule has 6 nitrogen and oxygen atoms in total. The Kier molecular flexibility index (Phi) is 4.03. The maximum absolute atomic E-state index is 13.3. The van der Waals surface area contributed by atoms with Crippen LogP contribution in [0, 0.1) is 5.82 Å². The van der Waals surface area contributed by atoms with Gasteiger partial charge in [0.15, 0.2) is 11.4 Å². The second-order valence-corrected chi connectivity index (χ2v) is 6.70. The SMILES string of the molecule is O=C1NC(=O)C(Cn2cc3ccc(C(F)(F)F)cc3c2O)(c2ccc(F)cc2)N1. The first-order valence-corrected chi connectivity index (χ1v) is 8.39. The molecule has 0 spiro atoms. The van der Waals surface area contributed by atoms with E-state index in [1.165, 1.54) is 29.0 Å². The molecule has 4 rings (SSSR count). The molecule has 10 heteroatoms. The van der Waals surface area contributed by atoms with Crippen LogP contribution in [-0.4, -0.2) is 21.6 Å². The monoisotopic (exact) mass is 407 g/mol. The molecule has 3 aromatic rings. The maximum atomic E-state index is 13.3. The van der Waals surface area contributed by atoms with Gasteiger partial charge in [-0.1, -0.05) is 18.2 Å². The van der Waals surface area contributed by atoms with Gasteiger partial charge in [0, 0.05) is 17.0 Å². The number of hydrogen-bond acceptors (Lipinski definition) is 3. The number of amides is 3. The largest absolute Gasteiger partial charge is 0.494 e. The Morgan fingerprint density at radius 2 is 1.76 bits per heavy atom. The van der Waals surface area contributed by atoms with Crippen LogP contribution in [-0.2, 0) is 23.1 Å². The fourth-order valence-corrected chi connectivity index (χ4v) is 3.43. The molecule has 1 aliphatic rings. The number of fused-ring (bicyclic) bond motifs is 1. The fraction of sp³-hybridized carbons (Fsp3) is 0.158. The van der Waals surface area contributed by atoms with Crippen molar-refractivity contribution in [2.75, 3.05) is 0 Å². The molecule has 0 bridgehead atoms. The summed E-state index contributed by atoms with van der Waals surface area (Å²) in [7, 11) is 0. The molecular formula is C19H13F4N3O3. The Morgan fingerprint density at radius 3 is 2.34 bits per heavy atom. The van der Waals surface area contributed by atoms with Crippen LogP contribution in [0.2, 0.25) is 0 Å². The third-order valence-electron chi connectivity index (χ3n) is 4.87. The lowest BCUT2D eigenvalue weighted by atomic mass is 9.89. The Hall–Kier alpha value is -3.56. The number of nitrogens with one attached hydrogen (secondary N) is 2. The minimum absolute atomic E-state index is 0.0567. The number of urea groups is 1. The van der Waals surface area contributed by atoms with Gasteiger partial charge in [0.2, 0.25) is 0 Å². The number of hydrogen-bond donors (Lipinski definition) is 3. The Balaban J connectivity index is 1.82. The van der Waals surface area contributed by atoms with Crippen molar-refractivity contribution < 1.29 is 32.3 Å². The number of carbonyl (C=O) groups excluding carboxylic acids is 2. The highest BCUT2D eigenvalue weighted by Crippen LogP contribution is 2.37. The summed E-state index contributed by atoms with van der Waals surface area (Å²) in [6.45, 7) is -0.321. The molecule has 1 unspecified atom stereocenters. The predicted molar refractivity (Wildman–Crippen MR) is 93.4 cm³/mol. The van der Waals surface area contributed by atoms with Crippen molar-refractivity contribution in [2.24, 2.45) is 0 Å². The molecule has 3 amide bonds. The summed E-state index contributed by atoms with van der Waals surface area (Å²) in [6, 6.07) is 6.93. The van der Waals surface area contributed by atoms with Crippen molar-refractivity contribution in [2.45, 2.75) is 18.3 Å². The van der Waals surface area contributed by atoms with Crippen molar-refractivity contribution >= 4 is 22.7 Å². The van der Waals surface area contributed by atoms with Crippen LogP contribution >= 0.6 is 0 Å². The van der Waals surface area contributed by atoms with Crippen LogP contribution in [0.3, 0.4) is 0 Å². The second kappa shape index (κ2) is 6.23. The van der Waals surface area contributed by atoms with Gasteiger partial charge in [0.25, 0.3) is 5.91 Å². The van der Waals surface area contributed by atoms with E-state index in [2.05, 4.69) is 10.6 Å². The summed E-state index contributed by atoms with van der Waals surface area (Å²) < 4.78 is 53.4. The van der Waals surface area contributed by atoms with E-state index >= 15 is 0 Å². The van der Waals surface area contributed by atoms with E-state index in [1.807, 2.05) is 0 Å². The van der Waals surface area contributed by atoms with E-state index in [-0.39, 0.29) is 17.5 Å². The van der Waals surface area contributed by atoms with Gasteiger partial charge in [0.05, 0.1) is 12.1 Å². The third kappa shape index (κ3) is 3.06. The van der Waals surface area contributed by atoms with Crippen LogP contribution in [0.25, 0.3) is 10.8 Å². The standard InChI is InChI=1S/C19H13F4N3O3/c20-13-5-3-11(4-6-13)18(16(28)24-17(29)25-18)9-26-8-10-1-2-12(19(21,22)23)7-14(10)15(26)27/h1-8,27H,9H2,(H2,24,25,28,29). The number of halogens is 4. The first-order chi connectivity index (χ1) is 13.6. The molecule has 29 heavy (non-hydrogen) atoms. The molecule has 2 heterocycles. The Labute approximate surface area is 160 Å². The highest BCUT2D eigenvalue weighted by atomic mass is 19.4. The molecule has 1 atom stereocenters. The van der Waals surface area contributed by atoms with Gasteiger partial charge in [-0.2, -0.15) is 13.2 Å². The molecule has 0 saturated carbocycles. The average Bonchev–Trinajstić information content (AvgIpc) is 3.11. The molecule has 3 N–H and O–H groups in total. The molecule has 2 aromatic carbocycles. The highest BCUT2D eigenvalue weighted by Gasteiger charge is 2.48. The van der Waals surface area contributed by atoms with Gasteiger partial charge in [-0.15, -0.1) is 0 Å². The van der Waals surface area contributed by atoms with Crippen molar-refractivity contribution in [1.82, 2.24) is 15.2 Å². The number of rotatable bonds is 3.